The van der Waals surface area contributed by atoms with Crippen LogP contribution in [0.4, 0.5) is 10.5 Å². The van der Waals surface area contributed by atoms with Gasteiger partial charge in [0.2, 0.25) is 5.89 Å². The number of esters is 1. The van der Waals surface area contributed by atoms with Crippen molar-refractivity contribution in [3.8, 4) is 10.8 Å². The van der Waals surface area contributed by atoms with Gasteiger partial charge in [-0.05, 0) is 30.5 Å². The van der Waals surface area contributed by atoms with E-state index in [1.165, 1.54) is 17.6 Å². The Hall–Kier alpha value is -3.13. The van der Waals surface area contributed by atoms with Gasteiger partial charge in [-0.1, -0.05) is 24.3 Å². The van der Waals surface area contributed by atoms with E-state index >= 15 is 0 Å². The van der Waals surface area contributed by atoms with Gasteiger partial charge in [-0.3, -0.25) is 0 Å². The van der Waals surface area contributed by atoms with Crippen LogP contribution in [0.15, 0.2) is 58.5 Å². The smallest absolute Gasteiger partial charge is 0.328 e. The number of hydrogen-bond donors (Lipinski definition) is 2. The lowest BCUT2D eigenvalue weighted by molar-refractivity contribution is -0.146. The normalized spacial score (nSPS) is 11.6. The average Bonchev–Trinajstić information content (AvgIpc) is 3.31. The van der Waals surface area contributed by atoms with Gasteiger partial charge in [0.15, 0.2) is 0 Å². The third kappa shape index (κ3) is 4.70. The van der Waals surface area contributed by atoms with E-state index in [0.29, 0.717) is 17.3 Å². The summed E-state index contributed by atoms with van der Waals surface area (Å²) in [4.78, 5) is 29.1. The Morgan fingerprint density at radius 1 is 1.23 bits per heavy atom. The molecule has 8 heteroatoms. The van der Waals surface area contributed by atoms with Gasteiger partial charge in [-0.25, -0.2) is 14.6 Å². The van der Waals surface area contributed by atoms with Gasteiger partial charge >= 0.3 is 12.0 Å². The first-order valence-corrected chi connectivity index (χ1v) is 8.77. The molecule has 0 saturated heterocycles. The molecule has 0 bridgehead atoms. The fourth-order valence-corrected chi connectivity index (χ4v) is 2.76. The van der Waals surface area contributed by atoms with Crippen LogP contribution in [0.5, 0.6) is 0 Å². The molecule has 26 heavy (non-hydrogen) atoms. The Kier molecular flexibility index (Phi) is 5.65. The number of thiophene rings is 1. The molecular weight excluding hydrogens is 354 g/mol. The number of urea groups is 1. The van der Waals surface area contributed by atoms with Crippen LogP contribution < -0.4 is 10.6 Å². The Labute approximate surface area is 154 Å². The number of hydrogen-bond acceptors (Lipinski definition) is 6. The second-order valence-corrected chi connectivity index (χ2v) is 6.36. The number of anilines is 1. The second-order valence-electron chi connectivity index (χ2n) is 5.42. The minimum atomic E-state index is -0.803. The zero-order valence-electron chi connectivity index (χ0n) is 14.0. The molecule has 3 rings (SSSR count). The van der Waals surface area contributed by atoms with Crippen LogP contribution >= 0.6 is 11.3 Å². The lowest BCUT2D eigenvalue weighted by Crippen LogP contribution is -2.41. The van der Waals surface area contributed by atoms with Crippen LogP contribution in [-0.4, -0.2) is 23.0 Å². The molecule has 2 N–H and O–H groups in total. The molecular formula is C18H17N3O4S. The second kappa shape index (κ2) is 8.30. The van der Waals surface area contributed by atoms with E-state index in [1.54, 1.807) is 31.2 Å². The molecule has 3 aromatic rings. The number of rotatable bonds is 6. The summed E-state index contributed by atoms with van der Waals surface area (Å²) >= 11 is 1.51. The lowest BCUT2D eigenvalue weighted by atomic mass is 10.3. The lowest BCUT2D eigenvalue weighted by Gasteiger charge is -2.13. The number of amides is 2. The molecule has 2 amide bonds. The summed E-state index contributed by atoms with van der Waals surface area (Å²) in [5.41, 5.74) is 1.14. The maximum atomic E-state index is 12.0. The predicted molar refractivity (Wildman–Crippen MR) is 97.7 cm³/mol. The zero-order valence-corrected chi connectivity index (χ0v) is 14.8. The first-order chi connectivity index (χ1) is 12.6. The van der Waals surface area contributed by atoms with E-state index in [4.69, 9.17) is 9.15 Å². The standard InChI is InChI=1S/C18H17N3O4S/c1-12(19-18(23)21-13-6-3-2-4-7-13)17(22)25-11-14-10-24-16(20-14)15-8-5-9-26-15/h2-10,12H,11H2,1H3,(H2,19,21,23). The Balaban J connectivity index is 1.46. The number of para-hydroxylation sites is 1. The van der Waals surface area contributed by atoms with Crippen molar-refractivity contribution in [2.75, 3.05) is 5.32 Å². The summed E-state index contributed by atoms with van der Waals surface area (Å²) in [7, 11) is 0. The van der Waals surface area contributed by atoms with Crippen LogP contribution in [0.2, 0.25) is 0 Å². The van der Waals surface area contributed by atoms with E-state index in [0.717, 1.165) is 4.88 Å². The molecule has 2 heterocycles. The van der Waals surface area contributed by atoms with Crippen molar-refractivity contribution in [3.05, 3.63) is 59.8 Å². The molecule has 7 nitrogen and oxygen atoms in total. The highest BCUT2D eigenvalue weighted by atomic mass is 32.1. The summed E-state index contributed by atoms with van der Waals surface area (Å²) in [5, 5.41) is 7.09. The van der Waals surface area contributed by atoms with Crippen molar-refractivity contribution in [2.45, 2.75) is 19.6 Å². The average molecular weight is 371 g/mol. The Morgan fingerprint density at radius 2 is 2.04 bits per heavy atom. The van der Waals surface area contributed by atoms with Gasteiger partial charge in [0, 0.05) is 5.69 Å². The van der Waals surface area contributed by atoms with Gasteiger partial charge < -0.3 is 19.8 Å². The van der Waals surface area contributed by atoms with Crippen LogP contribution in [0.3, 0.4) is 0 Å². The Bertz CT molecular complexity index is 862. The van der Waals surface area contributed by atoms with E-state index in [2.05, 4.69) is 15.6 Å². The Morgan fingerprint density at radius 3 is 2.77 bits per heavy atom. The van der Waals surface area contributed by atoms with Crippen molar-refractivity contribution < 1.29 is 18.7 Å². The number of carbonyl (C=O) groups excluding carboxylic acids is 2. The highest BCUT2D eigenvalue weighted by Crippen LogP contribution is 2.23. The summed E-state index contributed by atoms with van der Waals surface area (Å²) in [6.45, 7) is 1.52. The predicted octanol–water partition coefficient (Wildman–Crippen LogP) is 3.66. The van der Waals surface area contributed by atoms with Crippen molar-refractivity contribution in [1.82, 2.24) is 10.3 Å². The summed E-state index contributed by atoms with van der Waals surface area (Å²) in [6.07, 6.45) is 1.45. The number of nitrogens with one attached hydrogen (secondary N) is 2. The van der Waals surface area contributed by atoms with Crippen molar-refractivity contribution in [2.24, 2.45) is 0 Å². The van der Waals surface area contributed by atoms with E-state index in [-0.39, 0.29) is 6.61 Å². The highest BCUT2D eigenvalue weighted by molar-refractivity contribution is 7.13. The minimum Gasteiger partial charge on any atom is -0.458 e. The van der Waals surface area contributed by atoms with Crippen LogP contribution in [0.1, 0.15) is 12.6 Å². The molecule has 134 valence electrons. The molecule has 1 aromatic carbocycles. The number of aromatic nitrogens is 1. The van der Waals surface area contributed by atoms with Crippen molar-refractivity contribution in [1.29, 1.82) is 0 Å². The van der Waals surface area contributed by atoms with E-state index in [1.807, 2.05) is 23.6 Å². The largest absolute Gasteiger partial charge is 0.458 e. The number of oxazole rings is 1. The summed E-state index contributed by atoms with van der Waals surface area (Å²) in [6, 6.07) is 11.4. The molecule has 0 aliphatic rings. The molecule has 2 aromatic heterocycles. The fraction of sp³-hybridized carbons (Fsp3) is 0.167. The molecule has 1 unspecified atom stereocenters. The molecule has 0 fully saturated rings. The van der Waals surface area contributed by atoms with Gasteiger partial charge in [-0.2, -0.15) is 0 Å². The van der Waals surface area contributed by atoms with Gasteiger partial charge in [0.1, 0.15) is 24.6 Å². The molecule has 0 aliphatic carbocycles. The fourth-order valence-electron chi connectivity index (χ4n) is 2.10. The number of carbonyl (C=O) groups is 2. The number of benzene rings is 1. The summed E-state index contributed by atoms with van der Waals surface area (Å²) in [5.74, 6) is -0.0756. The first kappa shape index (κ1) is 17.7. The van der Waals surface area contributed by atoms with Gasteiger partial charge in [-0.15, -0.1) is 11.3 Å². The zero-order chi connectivity index (χ0) is 18.4. The quantitative estimate of drug-likeness (QED) is 0.645. The molecule has 0 saturated carbocycles. The van der Waals surface area contributed by atoms with Gasteiger partial charge in [0.05, 0.1) is 4.88 Å². The van der Waals surface area contributed by atoms with Crippen LogP contribution in [-0.2, 0) is 16.1 Å². The van der Waals surface area contributed by atoms with Crippen molar-refractivity contribution in [3.63, 3.8) is 0 Å². The molecule has 0 aliphatic heterocycles. The molecule has 0 spiro atoms. The monoisotopic (exact) mass is 371 g/mol. The van der Waals surface area contributed by atoms with Crippen LogP contribution in [0.25, 0.3) is 10.8 Å². The third-order valence-corrected chi connectivity index (χ3v) is 4.24. The minimum absolute atomic E-state index is 0.0277. The van der Waals surface area contributed by atoms with Crippen LogP contribution in [0, 0.1) is 0 Å². The SMILES string of the molecule is CC(NC(=O)Nc1ccccc1)C(=O)OCc1coc(-c2cccs2)n1. The molecule has 1 atom stereocenters. The van der Waals surface area contributed by atoms with E-state index in [9.17, 15) is 9.59 Å². The number of ether oxygens (including phenoxy) is 1. The first-order valence-electron chi connectivity index (χ1n) is 7.89. The highest BCUT2D eigenvalue weighted by Gasteiger charge is 2.18. The van der Waals surface area contributed by atoms with Crippen molar-refractivity contribution >= 4 is 29.0 Å². The third-order valence-electron chi connectivity index (χ3n) is 3.38. The maximum absolute atomic E-state index is 12.0. The maximum Gasteiger partial charge on any atom is 0.328 e. The molecule has 0 radical (unpaired) electrons. The number of nitrogens with zero attached hydrogens (tertiary/aromatic N) is 1. The summed E-state index contributed by atoms with van der Waals surface area (Å²) < 4.78 is 10.5. The van der Waals surface area contributed by atoms with Gasteiger partial charge in [0.25, 0.3) is 0 Å². The topological polar surface area (TPSA) is 93.5 Å². The van der Waals surface area contributed by atoms with E-state index < -0.39 is 18.0 Å².